The summed E-state index contributed by atoms with van der Waals surface area (Å²) in [4.78, 5) is 15.1. The maximum absolute atomic E-state index is 11.2. The van der Waals surface area contributed by atoms with Gasteiger partial charge in [0.2, 0.25) is 0 Å². The first kappa shape index (κ1) is 9.92. The summed E-state index contributed by atoms with van der Waals surface area (Å²) in [7, 11) is 1.93. The van der Waals surface area contributed by atoms with Crippen LogP contribution in [0.5, 0.6) is 0 Å². The second-order valence-electron chi connectivity index (χ2n) is 2.92. The van der Waals surface area contributed by atoms with Crippen molar-refractivity contribution in [3.8, 4) is 0 Å². The van der Waals surface area contributed by atoms with Crippen molar-refractivity contribution in [2.75, 3.05) is 13.6 Å². The Balaban J connectivity index is 2.37. The Morgan fingerprint density at radius 1 is 1.54 bits per heavy atom. The van der Waals surface area contributed by atoms with Crippen LogP contribution in [0.3, 0.4) is 0 Å². The highest BCUT2D eigenvalue weighted by atomic mass is 16.1. The highest BCUT2D eigenvalue weighted by Crippen LogP contribution is 1.89. The molecule has 0 spiro atoms. The number of unbranched alkanes of at least 4 members (excludes halogenated alkanes) is 1. The van der Waals surface area contributed by atoms with Crippen molar-refractivity contribution < 1.29 is 0 Å². The summed E-state index contributed by atoms with van der Waals surface area (Å²) < 4.78 is 1.63. The van der Waals surface area contributed by atoms with Gasteiger partial charge in [-0.15, -0.1) is 0 Å². The van der Waals surface area contributed by atoms with Gasteiger partial charge < -0.3 is 5.32 Å². The molecule has 0 saturated carbocycles. The summed E-state index contributed by atoms with van der Waals surface area (Å²) in [6.45, 7) is 1.75. The molecule has 0 bridgehead atoms. The summed E-state index contributed by atoms with van der Waals surface area (Å²) in [6.07, 6.45) is 5.19. The molecule has 4 nitrogen and oxygen atoms in total. The third-order valence-corrected chi connectivity index (χ3v) is 1.87. The summed E-state index contributed by atoms with van der Waals surface area (Å²) in [5.41, 5.74) is 0.0273. The minimum Gasteiger partial charge on any atom is -0.320 e. The van der Waals surface area contributed by atoms with E-state index in [2.05, 4.69) is 10.3 Å². The zero-order chi connectivity index (χ0) is 9.52. The second kappa shape index (κ2) is 5.48. The molecular weight excluding hydrogens is 166 g/mol. The van der Waals surface area contributed by atoms with Gasteiger partial charge in [-0.05, 0) is 26.4 Å². The lowest BCUT2D eigenvalue weighted by atomic mass is 10.3. The minimum absolute atomic E-state index is 0.0273. The van der Waals surface area contributed by atoms with Crippen molar-refractivity contribution in [3.63, 3.8) is 0 Å². The molecule has 0 radical (unpaired) electrons. The maximum atomic E-state index is 11.2. The molecule has 0 aromatic carbocycles. The van der Waals surface area contributed by atoms with Crippen LogP contribution in [-0.2, 0) is 6.54 Å². The first-order valence-corrected chi connectivity index (χ1v) is 4.49. The number of nitrogens with one attached hydrogen (secondary N) is 1. The molecule has 0 fully saturated rings. The quantitative estimate of drug-likeness (QED) is 0.662. The molecule has 13 heavy (non-hydrogen) atoms. The van der Waals surface area contributed by atoms with Gasteiger partial charge in [0.25, 0.3) is 5.56 Å². The number of aryl methyl sites for hydroxylation is 1. The van der Waals surface area contributed by atoms with Crippen molar-refractivity contribution >= 4 is 0 Å². The van der Waals surface area contributed by atoms with E-state index in [9.17, 15) is 4.79 Å². The normalized spacial score (nSPS) is 10.2. The van der Waals surface area contributed by atoms with E-state index in [0.29, 0.717) is 0 Å². The standard InChI is InChI=1S/C9H15N3O/c1-10-5-2-3-7-12-8-11-6-4-9(12)13/h4,6,8,10H,2-3,5,7H2,1H3. The zero-order valence-electron chi connectivity index (χ0n) is 7.86. The SMILES string of the molecule is CNCCCCn1cnccc1=O. The van der Waals surface area contributed by atoms with Gasteiger partial charge in [0.15, 0.2) is 0 Å². The second-order valence-corrected chi connectivity index (χ2v) is 2.92. The summed E-state index contributed by atoms with van der Waals surface area (Å²) in [6, 6.07) is 1.48. The van der Waals surface area contributed by atoms with Gasteiger partial charge >= 0.3 is 0 Å². The van der Waals surface area contributed by atoms with Crippen molar-refractivity contribution in [1.82, 2.24) is 14.9 Å². The van der Waals surface area contributed by atoms with E-state index in [-0.39, 0.29) is 5.56 Å². The topological polar surface area (TPSA) is 46.9 Å². The first-order valence-electron chi connectivity index (χ1n) is 4.49. The Labute approximate surface area is 77.6 Å². The largest absolute Gasteiger partial charge is 0.320 e. The van der Waals surface area contributed by atoms with Crippen molar-refractivity contribution in [2.45, 2.75) is 19.4 Å². The molecule has 0 unspecified atom stereocenters. The monoisotopic (exact) mass is 181 g/mol. The van der Waals surface area contributed by atoms with Gasteiger partial charge in [-0.3, -0.25) is 9.36 Å². The molecule has 0 atom stereocenters. The fourth-order valence-electron chi connectivity index (χ4n) is 1.13. The Morgan fingerprint density at radius 2 is 2.38 bits per heavy atom. The van der Waals surface area contributed by atoms with Crippen molar-refractivity contribution in [1.29, 1.82) is 0 Å². The van der Waals surface area contributed by atoms with Crippen LogP contribution >= 0.6 is 0 Å². The lowest BCUT2D eigenvalue weighted by Gasteiger charge is -2.03. The fourth-order valence-corrected chi connectivity index (χ4v) is 1.13. The predicted octanol–water partition coefficient (Wildman–Crippen LogP) is 0.243. The summed E-state index contributed by atoms with van der Waals surface area (Å²) in [5, 5.41) is 3.07. The van der Waals surface area contributed by atoms with Gasteiger partial charge in [0, 0.05) is 18.8 Å². The molecule has 0 saturated heterocycles. The molecule has 4 heteroatoms. The number of nitrogens with zero attached hydrogens (tertiary/aromatic N) is 2. The Morgan fingerprint density at radius 3 is 3.08 bits per heavy atom. The average molecular weight is 181 g/mol. The molecule has 1 N–H and O–H groups in total. The van der Waals surface area contributed by atoms with Gasteiger partial charge in [-0.2, -0.15) is 0 Å². The lowest BCUT2D eigenvalue weighted by molar-refractivity contribution is 0.571. The predicted molar refractivity (Wildman–Crippen MR) is 51.7 cm³/mol. The molecule has 1 aromatic rings. The Bertz CT molecular complexity index is 295. The van der Waals surface area contributed by atoms with Crippen LogP contribution < -0.4 is 10.9 Å². The van der Waals surface area contributed by atoms with E-state index in [0.717, 1.165) is 25.9 Å². The van der Waals surface area contributed by atoms with Crippen LogP contribution in [0, 0.1) is 0 Å². The van der Waals surface area contributed by atoms with E-state index in [1.807, 2.05) is 7.05 Å². The van der Waals surface area contributed by atoms with Crippen molar-refractivity contribution in [3.05, 3.63) is 28.9 Å². The molecular formula is C9H15N3O. The highest BCUT2D eigenvalue weighted by Gasteiger charge is 1.93. The fraction of sp³-hybridized carbons (Fsp3) is 0.556. The third kappa shape index (κ3) is 3.38. The molecule has 72 valence electrons. The first-order chi connectivity index (χ1) is 6.34. The van der Waals surface area contributed by atoms with Gasteiger partial charge in [-0.1, -0.05) is 0 Å². The Hall–Kier alpha value is -1.16. The van der Waals surface area contributed by atoms with Crippen LogP contribution in [0.1, 0.15) is 12.8 Å². The minimum atomic E-state index is 0.0273. The van der Waals surface area contributed by atoms with E-state index in [4.69, 9.17) is 0 Å². The van der Waals surface area contributed by atoms with Gasteiger partial charge in [0.1, 0.15) is 0 Å². The van der Waals surface area contributed by atoms with Crippen LogP contribution in [-0.4, -0.2) is 23.1 Å². The molecule has 1 aromatic heterocycles. The lowest BCUT2D eigenvalue weighted by Crippen LogP contribution is -2.19. The molecule has 1 rings (SSSR count). The number of rotatable bonds is 5. The maximum Gasteiger partial charge on any atom is 0.253 e. The van der Waals surface area contributed by atoms with Gasteiger partial charge in [0.05, 0.1) is 6.33 Å². The average Bonchev–Trinajstić information content (AvgIpc) is 2.15. The van der Waals surface area contributed by atoms with Crippen LogP contribution in [0.2, 0.25) is 0 Å². The summed E-state index contributed by atoms with van der Waals surface area (Å²) in [5.74, 6) is 0. The van der Waals surface area contributed by atoms with E-state index < -0.39 is 0 Å². The van der Waals surface area contributed by atoms with Crippen LogP contribution in [0.25, 0.3) is 0 Å². The van der Waals surface area contributed by atoms with E-state index in [1.54, 1.807) is 10.9 Å². The third-order valence-electron chi connectivity index (χ3n) is 1.87. The van der Waals surface area contributed by atoms with Crippen LogP contribution in [0.15, 0.2) is 23.4 Å². The highest BCUT2D eigenvalue weighted by molar-refractivity contribution is 4.81. The van der Waals surface area contributed by atoms with Crippen molar-refractivity contribution in [2.24, 2.45) is 0 Å². The summed E-state index contributed by atoms with van der Waals surface area (Å²) >= 11 is 0. The number of hydrogen-bond acceptors (Lipinski definition) is 3. The van der Waals surface area contributed by atoms with E-state index >= 15 is 0 Å². The molecule has 0 aliphatic rings. The van der Waals surface area contributed by atoms with Crippen LogP contribution in [0.4, 0.5) is 0 Å². The zero-order valence-corrected chi connectivity index (χ0v) is 7.86. The molecule has 0 aliphatic heterocycles. The Kier molecular flexibility index (Phi) is 4.18. The molecule has 1 heterocycles. The molecule has 0 aliphatic carbocycles. The van der Waals surface area contributed by atoms with E-state index in [1.165, 1.54) is 12.3 Å². The smallest absolute Gasteiger partial charge is 0.253 e. The number of hydrogen-bond donors (Lipinski definition) is 1. The molecule has 0 amide bonds. The van der Waals surface area contributed by atoms with Gasteiger partial charge in [-0.25, -0.2) is 4.98 Å². The number of aromatic nitrogens is 2.